The summed E-state index contributed by atoms with van der Waals surface area (Å²) in [5, 5.41) is 3.42. The molecule has 1 fully saturated rings. The van der Waals surface area contributed by atoms with E-state index in [0.717, 1.165) is 30.2 Å². The predicted molar refractivity (Wildman–Crippen MR) is 65.6 cm³/mol. The summed E-state index contributed by atoms with van der Waals surface area (Å²) in [7, 11) is 0. The van der Waals surface area contributed by atoms with Crippen LogP contribution < -0.4 is 14.8 Å². The molecule has 0 aromatic heterocycles. The highest BCUT2D eigenvalue weighted by Crippen LogP contribution is 2.34. The lowest BCUT2D eigenvalue weighted by molar-refractivity contribution is -0.130. The van der Waals surface area contributed by atoms with Gasteiger partial charge in [-0.05, 0) is 17.7 Å². The first-order valence-corrected chi connectivity index (χ1v) is 6.12. The molecule has 0 radical (unpaired) electrons. The molecule has 5 heteroatoms. The topological polar surface area (TPSA) is 50.8 Å². The van der Waals surface area contributed by atoms with Crippen molar-refractivity contribution in [2.75, 3.05) is 26.4 Å². The van der Waals surface area contributed by atoms with Crippen molar-refractivity contribution in [3.05, 3.63) is 23.8 Å². The molecule has 1 aromatic carbocycles. The molecule has 1 atom stereocenters. The monoisotopic (exact) mass is 248 g/mol. The Balaban J connectivity index is 1.80. The van der Waals surface area contributed by atoms with Gasteiger partial charge < -0.3 is 19.7 Å². The molecule has 1 aromatic rings. The third-order valence-corrected chi connectivity index (χ3v) is 3.42. The number of nitrogens with one attached hydrogen (secondary N) is 1. The van der Waals surface area contributed by atoms with Crippen molar-refractivity contribution >= 4 is 5.91 Å². The van der Waals surface area contributed by atoms with E-state index < -0.39 is 0 Å². The third-order valence-electron chi connectivity index (χ3n) is 3.42. The molecule has 1 N–H and O–H groups in total. The lowest BCUT2D eigenvalue weighted by Crippen LogP contribution is -2.47. The highest BCUT2D eigenvalue weighted by atomic mass is 16.7. The Morgan fingerprint density at radius 3 is 3.06 bits per heavy atom. The van der Waals surface area contributed by atoms with Crippen molar-refractivity contribution in [2.24, 2.45) is 0 Å². The minimum absolute atomic E-state index is 0.127. The van der Waals surface area contributed by atoms with Crippen molar-refractivity contribution in [3.63, 3.8) is 0 Å². The quantitative estimate of drug-likeness (QED) is 0.802. The van der Waals surface area contributed by atoms with Gasteiger partial charge in [0.25, 0.3) is 0 Å². The number of benzene rings is 1. The molecule has 96 valence electrons. The van der Waals surface area contributed by atoms with Crippen LogP contribution in [0.4, 0.5) is 0 Å². The molecule has 1 amide bonds. The van der Waals surface area contributed by atoms with Gasteiger partial charge in [-0.2, -0.15) is 0 Å². The molecule has 18 heavy (non-hydrogen) atoms. The highest BCUT2D eigenvalue weighted by molar-refractivity contribution is 5.73. The molecule has 2 heterocycles. The number of hydrogen-bond acceptors (Lipinski definition) is 4. The van der Waals surface area contributed by atoms with Gasteiger partial charge in [-0.3, -0.25) is 4.79 Å². The summed E-state index contributed by atoms with van der Waals surface area (Å²) < 4.78 is 10.7. The summed E-state index contributed by atoms with van der Waals surface area (Å²) in [4.78, 5) is 13.3. The Bertz CT molecular complexity index is 475. The molecular formula is C13H16N2O3. The Hall–Kier alpha value is -1.75. The van der Waals surface area contributed by atoms with Crippen LogP contribution >= 0.6 is 0 Å². The standard InChI is InChI=1S/C13H16N2O3/c1-9(16)15-5-4-14-11(7-15)10-2-3-12-13(6-10)18-8-17-12/h2-3,6,11,14H,4-5,7-8H2,1H3. The van der Waals surface area contributed by atoms with E-state index in [9.17, 15) is 4.79 Å². The van der Waals surface area contributed by atoms with Gasteiger partial charge in [0.1, 0.15) is 0 Å². The Morgan fingerprint density at radius 2 is 2.22 bits per heavy atom. The second-order valence-corrected chi connectivity index (χ2v) is 4.58. The van der Waals surface area contributed by atoms with E-state index >= 15 is 0 Å². The fraction of sp³-hybridized carbons (Fsp3) is 0.462. The first-order valence-electron chi connectivity index (χ1n) is 6.12. The van der Waals surface area contributed by atoms with Crippen LogP contribution in [0.2, 0.25) is 0 Å². The summed E-state index contributed by atoms with van der Waals surface area (Å²) in [5.74, 6) is 1.70. The van der Waals surface area contributed by atoms with Gasteiger partial charge in [0, 0.05) is 26.6 Å². The van der Waals surface area contributed by atoms with Gasteiger partial charge in [-0.1, -0.05) is 6.07 Å². The zero-order valence-electron chi connectivity index (χ0n) is 10.3. The number of rotatable bonds is 1. The largest absolute Gasteiger partial charge is 0.454 e. The minimum Gasteiger partial charge on any atom is -0.454 e. The van der Waals surface area contributed by atoms with Crippen LogP contribution in [-0.4, -0.2) is 37.2 Å². The molecule has 0 aliphatic carbocycles. The summed E-state index contributed by atoms with van der Waals surface area (Å²) in [6.45, 7) is 4.20. The number of hydrogen-bond donors (Lipinski definition) is 1. The molecule has 0 spiro atoms. The number of carbonyl (C=O) groups excluding carboxylic acids is 1. The van der Waals surface area contributed by atoms with E-state index in [1.54, 1.807) is 6.92 Å². The van der Waals surface area contributed by atoms with Crippen LogP contribution in [-0.2, 0) is 4.79 Å². The Kier molecular flexibility index (Phi) is 2.83. The van der Waals surface area contributed by atoms with E-state index in [2.05, 4.69) is 5.32 Å². The smallest absolute Gasteiger partial charge is 0.231 e. The number of carbonyl (C=O) groups is 1. The number of piperazine rings is 1. The molecule has 5 nitrogen and oxygen atoms in total. The second kappa shape index (κ2) is 4.49. The second-order valence-electron chi connectivity index (χ2n) is 4.58. The molecule has 2 aliphatic rings. The lowest BCUT2D eigenvalue weighted by atomic mass is 10.0. The van der Waals surface area contributed by atoms with E-state index in [-0.39, 0.29) is 18.7 Å². The maximum absolute atomic E-state index is 11.4. The van der Waals surface area contributed by atoms with Crippen LogP contribution in [0.25, 0.3) is 0 Å². The predicted octanol–water partition coefficient (Wildman–Crippen LogP) is 0.908. The van der Waals surface area contributed by atoms with E-state index in [1.165, 1.54) is 0 Å². The molecule has 0 saturated carbocycles. The van der Waals surface area contributed by atoms with E-state index in [0.29, 0.717) is 6.54 Å². The molecule has 1 unspecified atom stereocenters. The van der Waals surface area contributed by atoms with Crippen LogP contribution in [0.15, 0.2) is 18.2 Å². The minimum atomic E-state index is 0.127. The van der Waals surface area contributed by atoms with Crippen molar-refractivity contribution in [3.8, 4) is 11.5 Å². The highest BCUT2D eigenvalue weighted by Gasteiger charge is 2.24. The molecule has 2 aliphatic heterocycles. The summed E-state index contributed by atoms with van der Waals surface area (Å²) in [6, 6.07) is 6.10. The van der Waals surface area contributed by atoms with Crippen LogP contribution in [0.5, 0.6) is 11.5 Å². The van der Waals surface area contributed by atoms with E-state index in [4.69, 9.17) is 9.47 Å². The van der Waals surface area contributed by atoms with Gasteiger partial charge >= 0.3 is 0 Å². The maximum Gasteiger partial charge on any atom is 0.231 e. The third kappa shape index (κ3) is 2.01. The molecule has 0 bridgehead atoms. The maximum atomic E-state index is 11.4. The first-order chi connectivity index (χ1) is 8.74. The zero-order chi connectivity index (χ0) is 12.5. The number of amides is 1. The van der Waals surface area contributed by atoms with Crippen molar-refractivity contribution < 1.29 is 14.3 Å². The number of nitrogens with zero attached hydrogens (tertiary/aromatic N) is 1. The zero-order valence-corrected chi connectivity index (χ0v) is 10.3. The normalized spacial score (nSPS) is 22.1. The molecule has 1 saturated heterocycles. The van der Waals surface area contributed by atoms with Crippen LogP contribution in [0.1, 0.15) is 18.5 Å². The summed E-state index contributed by atoms with van der Waals surface area (Å²) in [5.41, 5.74) is 1.13. The van der Waals surface area contributed by atoms with Gasteiger partial charge in [-0.25, -0.2) is 0 Å². The number of fused-ring (bicyclic) bond motifs is 1. The van der Waals surface area contributed by atoms with Crippen molar-refractivity contribution in [1.29, 1.82) is 0 Å². The van der Waals surface area contributed by atoms with Gasteiger partial charge in [0.2, 0.25) is 12.7 Å². The SMILES string of the molecule is CC(=O)N1CCNC(c2ccc3c(c2)OCO3)C1. The van der Waals surface area contributed by atoms with Crippen LogP contribution in [0, 0.1) is 0 Å². The van der Waals surface area contributed by atoms with Gasteiger partial charge in [0.15, 0.2) is 11.5 Å². The van der Waals surface area contributed by atoms with E-state index in [1.807, 2.05) is 23.1 Å². The summed E-state index contributed by atoms with van der Waals surface area (Å²) >= 11 is 0. The van der Waals surface area contributed by atoms with Crippen molar-refractivity contribution in [2.45, 2.75) is 13.0 Å². The fourth-order valence-electron chi connectivity index (χ4n) is 2.39. The Labute approximate surface area is 106 Å². The van der Waals surface area contributed by atoms with Crippen molar-refractivity contribution in [1.82, 2.24) is 10.2 Å². The van der Waals surface area contributed by atoms with Crippen LogP contribution in [0.3, 0.4) is 0 Å². The van der Waals surface area contributed by atoms with Gasteiger partial charge in [0.05, 0.1) is 6.04 Å². The lowest BCUT2D eigenvalue weighted by Gasteiger charge is -2.33. The summed E-state index contributed by atoms with van der Waals surface area (Å²) in [6.07, 6.45) is 0. The molecule has 3 rings (SSSR count). The fourth-order valence-corrected chi connectivity index (χ4v) is 2.39. The number of ether oxygens (including phenoxy) is 2. The van der Waals surface area contributed by atoms with Gasteiger partial charge in [-0.15, -0.1) is 0 Å². The molecular weight excluding hydrogens is 232 g/mol. The Morgan fingerprint density at radius 1 is 1.39 bits per heavy atom. The average Bonchev–Trinajstić information content (AvgIpc) is 2.86. The first kappa shape index (κ1) is 11.3. The average molecular weight is 248 g/mol.